The Hall–Kier alpha value is 0.500. The minimum absolute atomic E-state index is 0.132. The number of rotatable bonds is 1. The lowest BCUT2D eigenvalue weighted by Crippen LogP contribution is -2.49. The summed E-state index contributed by atoms with van der Waals surface area (Å²) in [5.74, 6) is 0.132. The molecule has 0 aromatic heterocycles. The van der Waals surface area contributed by atoms with E-state index in [0.29, 0.717) is 11.1 Å². The van der Waals surface area contributed by atoms with Gasteiger partial charge in [0, 0.05) is 0 Å². The third-order valence-corrected chi connectivity index (χ3v) is 6.30. The fourth-order valence-electron chi connectivity index (χ4n) is 1.83. The van der Waals surface area contributed by atoms with E-state index in [1.165, 1.54) is 18.2 Å². The molecular formula is C12H8Cl6O. The van der Waals surface area contributed by atoms with E-state index in [0.717, 1.165) is 0 Å². The summed E-state index contributed by atoms with van der Waals surface area (Å²) in [7, 11) is 0. The molecule has 0 saturated carbocycles. The predicted molar refractivity (Wildman–Crippen MR) is 84.2 cm³/mol. The van der Waals surface area contributed by atoms with Gasteiger partial charge in [-0.3, -0.25) is 0 Å². The molecule has 0 fully saturated rings. The lowest BCUT2D eigenvalue weighted by molar-refractivity contribution is 0.475. The smallest absolute Gasteiger partial charge is 0.158 e. The summed E-state index contributed by atoms with van der Waals surface area (Å²) in [4.78, 5) is 0. The number of alkyl halides is 6. The molecule has 19 heavy (non-hydrogen) atoms. The van der Waals surface area contributed by atoms with Crippen molar-refractivity contribution in [1.29, 1.82) is 0 Å². The van der Waals surface area contributed by atoms with Crippen LogP contribution in [0.2, 0.25) is 0 Å². The quantitative estimate of drug-likeness (QED) is 0.651. The lowest BCUT2D eigenvalue weighted by Gasteiger charge is -2.41. The lowest BCUT2D eigenvalue weighted by atomic mass is 9.91. The SMILES string of the molecule is Oc1ccc(C2=CC(Cl)(Cl)C(Cl)C(Cl)(Cl)C2Cl)cc1. The molecule has 104 valence electrons. The van der Waals surface area contributed by atoms with E-state index in [2.05, 4.69) is 0 Å². The van der Waals surface area contributed by atoms with Crippen LogP contribution < -0.4 is 0 Å². The molecule has 0 heterocycles. The standard InChI is InChI=1S/C12H8Cl6O/c13-9-8(6-1-3-7(19)4-2-6)5-11(15,16)10(14)12(9,17)18/h1-5,9-10,19H. The van der Waals surface area contributed by atoms with Gasteiger partial charge in [-0.2, -0.15) is 0 Å². The summed E-state index contributed by atoms with van der Waals surface area (Å²) in [6, 6.07) is 6.36. The van der Waals surface area contributed by atoms with Crippen LogP contribution in [0.25, 0.3) is 5.57 Å². The molecule has 0 aliphatic heterocycles. The van der Waals surface area contributed by atoms with Crippen LogP contribution in [0.1, 0.15) is 5.56 Å². The number of hydrogen-bond donors (Lipinski definition) is 1. The van der Waals surface area contributed by atoms with E-state index >= 15 is 0 Å². The van der Waals surface area contributed by atoms with Crippen molar-refractivity contribution in [1.82, 2.24) is 0 Å². The van der Waals surface area contributed by atoms with E-state index in [-0.39, 0.29) is 5.75 Å². The van der Waals surface area contributed by atoms with Gasteiger partial charge in [0.05, 0.1) is 5.38 Å². The highest BCUT2D eigenvalue weighted by atomic mass is 35.5. The van der Waals surface area contributed by atoms with Crippen molar-refractivity contribution in [2.75, 3.05) is 0 Å². The maximum Gasteiger partial charge on any atom is 0.158 e. The Balaban J connectivity index is 2.53. The van der Waals surface area contributed by atoms with Crippen molar-refractivity contribution in [2.45, 2.75) is 19.4 Å². The summed E-state index contributed by atoms with van der Waals surface area (Å²) in [6.07, 6.45) is 1.53. The van der Waals surface area contributed by atoms with E-state index in [1.54, 1.807) is 12.1 Å². The van der Waals surface area contributed by atoms with Gasteiger partial charge in [0.15, 0.2) is 8.67 Å². The second-order valence-corrected chi connectivity index (χ2v) is 7.98. The topological polar surface area (TPSA) is 20.2 Å². The third kappa shape index (κ3) is 2.92. The van der Waals surface area contributed by atoms with E-state index < -0.39 is 19.4 Å². The van der Waals surface area contributed by atoms with Crippen molar-refractivity contribution in [3.05, 3.63) is 35.9 Å². The summed E-state index contributed by atoms with van der Waals surface area (Å²) >= 11 is 37.0. The van der Waals surface area contributed by atoms with Gasteiger partial charge in [-0.1, -0.05) is 58.5 Å². The molecule has 7 heteroatoms. The highest BCUT2D eigenvalue weighted by Gasteiger charge is 2.55. The molecule has 2 rings (SSSR count). The summed E-state index contributed by atoms with van der Waals surface area (Å²) < 4.78 is -2.96. The van der Waals surface area contributed by atoms with Gasteiger partial charge in [-0.05, 0) is 29.3 Å². The molecule has 0 saturated heterocycles. The molecule has 1 aliphatic rings. The Morgan fingerprint density at radius 3 is 2.00 bits per heavy atom. The van der Waals surface area contributed by atoms with Gasteiger partial charge < -0.3 is 5.11 Å². The van der Waals surface area contributed by atoms with Crippen LogP contribution in [0.15, 0.2) is 30.3 Å². The number of benzene rings is 1. The normalized spacial score (nSPS) is 28.8. The predicted octanol–water partition coefficient (Wildman–Crippen LogP) is 5.35. The average Bonchev–Trinajstić information content (AvgIpc) is 2.34. The molecule has 1 aromatic carbocycles. The Labute approximate surface area is 141 Å². The Morgan fingerprint density at radius 1 is 0.947 bits per heavy atom. The molecule has 2 atom stereocenters. The van der Waals surface area contributed by atoms with Crippen LogP contribution in [0, 0.1) is 0 Å². The van der Waals surface area contributed by atoms with E-state index in [1.807, 2.05) is 0 Å². The number of hydrogen-bond acceptors (Lipinski definition) is 1. The molecular weight excluding hydrogens is 373 g/mol. The summed E-state index contributed by atoms with van der Waals surface area (Å²) in [6.45, 7) is 0. The molecule has 0 radical (unpaired) electrons. The van der Waals surface area contributed by atoms with Gasteiger partial charge >= 0.3 is 0 Å². The fourth-order valence-corrected chi connectivity index (χ4v) is 3.78. The van der Waals surface area contributed by atoms with Gasteiger partial charge in [-0.15, -0.1) is 23.2 Å². The van der Waals surface area contributed by atoms with Crippen LogP contribution in [0.3, 0.4) is 0 Å². The molecule has 0 spiro atoms. The monoisotopic (exact) mass is 378 g/mol. The summed E-state index contributed by atoms with van der Waals surface area (Å²) in [5.41, 5.74) is 1.27. The second kappa shape index (κ2) is 5.36. The van der Waals surface area contributed by atoms with Gasteiger partial charge in [0.25, 0.3) is 0 Å². The number of aromatic hydroxyl groups is 1. The van der Waals surface area contributed by atoms with Crippen LogP contribution in [0.4, 0.5) is 0 Å². The zero-order valence-electron chi connectivity index (χ0n) is 9.26. The maximum absolute atomic E-state index is 9.29. The summed E-state index contributed by atoms with van der Waals surface area (Å²) in [5, 5.41) is 7.54. The van der Waals surface area contributed by atoms with E-state index in [4.69, 9.17) is 69.6 Å². The highest BCUT2D eigenvalue weighted by molar-refractivity contribution is 6.63. The average molecular weight is 381 g/mol. The number of halogens is 6. The Kier molecular flexibility index (Phi) is 4.48. The maximum atomic E-state index is 9.29. The zero-order valence-corrected chi connectivity index (χ0v) is 13.8. The first-order valence-electron chi connectivity index (χ1n) is 5.22. The molecule has 1 aliphatic carbocycles. The van der Waals surface area contributed by atoms with Crippen molar-refractivity contribution in [3.63, 3.8) is 0 Å². The Bertz CT molecular complexity index is 507. The van der Waals surface area contributed by atoms with Crippen molar-refractivity contribution < 1.29 is 5.11 Å². The zero-order chi connectivity index (χ0) is 14.4. The molecule has 1 nitrogen and oxygen atoms in total. The van der Waals surface area contributed by atoms with Crippen molar-refractivity contribution in [3.8, 4) is 5.75 Å². The minimum Gasteiger partial charge on any atom is -0.508 e. The molecule has 1 aromatic rings. The number of phenolic OH excluding ortho intramolecular Hbond substituents is 1. The third-order valence-electron chi connectivity index (χ3n) is 2.84. The van der Waals surface area contributed by atoms with Gasteiger partial charge in [-0.25, -0.2) is 0 Å². The first kappa shape index (κ1) is 15.9. The van der Waals surface area contributed by atoms with Gasteiger partial charge in [0.2, 0.25) is 0 Å². The molecule has 0 amide bonds. The first-order chi connectivity index (χ1) is 8.66. The van der Waals surface area contributed by atoms with Crippen LogP contribution >= 0.6 is 69.6 Å². The van der Waals surface area contributed by atoms with Crippen LogP contribution in [0.5, 0.6) is 5.75 Å². The molecule has 2 unspecified atom stereocenters. The second-order valence-electron chi connectivity index (χ2n) is 4.22. The van der Waals surface area contributed by atoms with Crippen molar-refractivity contribution >= 4 is 75.2 Å². The number of allylic oxidation sites excluding steroid dienone is 2. The fraction of sp³-hybridized carbons (Fsp3) is 0.333. The van der Waals surface area contributed by atoms with Crippen LogP contribution in [-0.4, -0.2) is 24.5 Å². The number of phenols is 1. The largest absolute Gasteiger partial charge is 0.508 e. The van der Waals surface area contributed by atoms with E-state index in [9.17, 15) is 5.11 Å². The Morgan fingerprint density at radius 2 is 1.47 bits per heavy atom. The van der Waals surface area contributed by atoms with Crippen LogP contribution in [-0.2, 0) is 0 Å². The molecule has 1 N–H and O–H groups in total. The molecule has 0 bridgehead atoms. The highest BCUT2D eigenvalue weighted by Crippen LogP contribution is 2.54. The minimum atomic E-state index is -1.52. The first-order valence-corrected chi connectivity index (χ1v) is 7.60. The van der Waals surface area contributed by atoms with Gasteiger partial charge in [0.1, 0.15) is 11.1 Å². The van der Waals surface area contributed by atoms with Crippen molar-refractivity contribution in [2.24, 2.45) is 0 Å².